The molecule has 110 valence electrons. The predicted octanol–water partition coefficient (Wildman–Crippen LogP) is 3.61. The summed E-state index contributed by atoms with van der Waals surface area (Å²) in [5.74, 6) is 0.742. The first-order valence-corrected chi connectivity index (χ1v) is 8.25. The number of nitrogens with two attached hydrogens (primary N) is 1. The van der Waals surface area contributed by atoms with Gasteiger partial charge in [0.1, 0.15) is 0 Å². The Bertz CT molecular complexity index is 431. The molecule has 0 amide bonds. The van der Waals surface area contributed by atoms with Gasteiger partial charge in [-0.2, -0.15) is 0 Å². The molecule has 2 nitrogen and oxygen atoms in total. The standard InChI is InChI=1S/C18H28N2/c1-20-13-4-5-15(10-14-20)16-6-8-17(9-7-16)18(19)11-2-3-12-18/h6-9,15H,2-5,10-14,19H2,1H3. The normalized spacial score (nSPS) is 27.4. The topological polar surface area (TPSA) is 29.3 Å². The average molecular weight is 272 g/mol. The van der Waals surface area contributed by atoms with Crippen LogP contribution in [0.5, 0.6) is 0 Å². The first kappa shape index (κ1) is 14.1. The first-order chi connectivity index (χ1) is 9.67. The number of benzene rings is 1. The second-order valence-corrected chi connectivity index (χ2v) is 6.92. The van der Waals surface area contributed by atoms with Gasteiger partial charge in [0.25, 0.3) is 0 Å². The summed E-state index contributed by atoms with van der Waals surface area (Å²) in [6.07, 6.45) is 8.83. The summed E-state index contributed by atoms with van der Waals surface area (Å²) in [5, 5.41) is 0. The van der Waals surface area contributed by atoms with E-state index in [1.807, 2.05) is 0 Å². The van der Waals surface area contributed by atoms with Gasteiger partial charge in [-0.3, -0.25) is 0 Å². The number of hydrogen-bond acceptors (Lipinski definition) is 2. The summed E-state index contributed by atoms with van der Waals surface area (Å²) in [5.41, 5.74) is 9.38. The van der Waals surface area contributed by atoms with E-state index in [2.05, 4.69) is 36.2 Å². The molecule has 0 aromatic heterocycles. The fourth-order valence-corrected chi connectivity index (χ4v) is 3.96. The third-order valence-corrected chi connectivity index (χ3v) is 5.40. The number of rotatable bonds is 2. The summed E-state index contributed by atoms with van der Waals surface area (Å²) in [6.45, 7) is 2.48. The van der Waals surface area contributed by atoms with E-state index in [9.17, 15) is 0 Å². The highest BCUT2D eigenvalue weighted by Crippen LogP contribution is 2.37. The smallest absolute Gasteiger partial charge is 0.0409 e. The lowest BCUT2D eigenvalue weighted by Gasteiger charge is -2.25. The molecule has 1 aliphatic carbocycles. The van der Waals surface area contributed by atoms with Crippen LogP contribution in [0.3, 0.4) is 0 Å². The summed E-state index contributed by atoms with van der Waals surface area (Å²) in [4.78, 5) is 2.46. The Hall–Kier alpha value is -0.860. The Morgan fingerprint density at radius 2 is 1.70 bits per heavy atom. The van der Waals surface area contributed by atoms with Crippen molar-refractivity contribution in [1.29, 1.82) is 0 Å². The molecule has 1 unspecified atom stereocenters. The molecular formula is C18H28N2. The second-order valence-electron chi connectivity index (χ2n) is 6.92. The van der Waals surface area contributed by atoms with E-state index >= 15 is 0 Å². The van der Waals surface area contributed by atoms with Gasteiger partial charge in [0.15, 0.2) is 0 Å². The molecule has 3 rings (SSSR count). The fourth-order valence-electron chi connectivity index (χ4n) is 3.96. The minimum Gasteiger partial charge on any atom is -0.321 e. The lowest BCUT2D eigenvalue weighted by atomic mass is 9.86. The van der Waals surface area contributed by atoms with Crippen LogP contribution in [0.15, 0.2) is 24.3 Å². The zero-order valence-corrected chi connectivity index (χ0v) is 12.8. The molecule has 2 N–H and O–H groups in total. The Morgan fingerprint density at radius 3 is 2.40 bits per heavy atom. The highest BCUT2D eigenvalue weighted by molar-refractivity contribution is 5.31. The van der Waals surface area contributed by atoms with E-state index in [0.29, 0.717) is 0 Å². The zero-order chi connectivity index (χ0) is 14.0. The van der Waals surface area contributed by atoms with Crippen molar-refractivity contribution in [3.05, 3.63) is 35.4 Å². The molecule has 2 fully saturated rings. The Labute approximate surface area is 123 Å². The highest BCUT2D eigenvalue weighted by Gasteiger charge is 2.31. The highest BCUT2D eigenvalue weighted by atomic mass is 15.1. The predicted molar refractivity (Wildman–Crippen MR) is 84.9 cm³/mol. The monoisotopic (exact) mass is 272 g/mol. The number of likely N-dealkylation sites (tertiary alicyclic amines) is 1. The zero-order valence-electron chi connectivity index (χ0n) is 12.8. The molecule has 0 radical (unpaired) electrons. The lowest BCUT2D eigenvalue weighted by Crippen LogP contribution is -2.32. The van der Waals surface area contributed by atoms with Crippen molar-refractivity contribution in [2.24, 2.45) is 5.73 Å². The molecule has 1 saturated carbocycles. The van der Waals surface area contributed by atoms with E-state index in [1.165, 1.54) is 56.3 Å². The van der Waals surface area contributed by atoms with Gasteiger partial charge < -0.3 is 10.6 Å². The van der Waals surface area contributed by atoms with E-state index < -0.39 is 0 Å². The van der Waals surface area contributed by atoms with Crippen LogP contribution >= 0.6 is 0 Å². The number of nitrogens with zero attached hydrogens (tertiary/aromatic N) is 1. The molecule has 2 heteroatoms. The van der Waals surface area contributed by atoms with Crippen LogP contribution < -0.4 is 5.73 Å². The lowest BCUT2D eigenvalue weighted by molar-refractivity contribution is 0.347. The van der Waals surface area contributed by atoms with Gasteiger partial charge in [0.2, 0.25) is 0 Å². The van der Waals surface area contributed by atoms with Crippen molar-refractivity contribution in [2.45, 2.75) is 56.4 Å². The maximum absolute atomic E-state index is 6.55. The Morgan fingerprint density at radius 1 is 1.00 bits per heavy atom. The summed E-state index contributed by atoms with van der Waals surface area (Å²) >= 11 is 0. The molecule has 0 bridgehead atoms. The van der Waals surface area contributed by atoms with Crippen LogP contribution in [-0.4, -0.2) is 25.0 Å². The third kappa shape index (κ3) is 2.91. The quantitative estimate of drug-likeness (QED) is 0.891. The van der Waals surface area contributed by atoms with Crippen LogP contribution in [0, 0.1) is 0 Å². The molecule has 2 aliphatic rings. The second kappa shape index (κ2) is 5.87. The van der Waals surface area contributed by atoms with E-state index in [0.717, 1.165) is 18.8 Å². The molecular weight excluding hydrogens is 244 g/mol. The van der Waals surface area contributed by atoms with Crippen LogP contribution in [0.4, 0.5) is 0 Å². The minimum absolute atomic E-state index is 0.0395. The van der Waals surface area contributed by atoms with Gasteiger partial charge in [0.05, 0.1) is 0 Å². The molecule has 1 aliphatic heterocycles. The molecule has 1 saturated heterocycles. The van der Waals surface area contributed by atoms with Crippen LogP contribution in [-0.2, 0) is 5.54 Å². The summed E-state index contributed by atoms with van der Waals surface area (Å²) < 4.78 is 0. The molecule has 0 spiro atoms. The maximum Gasteiger partial charge on any atom is 0.0409 e. The van der Waals surface area contributed by atoms with Crippen LogP contribution in [0.25, 0.3) is 0 Å². The van der Waals surface area contributed by atoms with Gasteiger partial charge >= 0.3 is 0 Å². The van der Waals surface area contributed by atoms with Crippen LogP contribution in [0.1, 0.15) is 62.0 Å². The SMILES string of the molecule is CN1CCCC(c2ccc(C3(N)CCCC3)cc2)CC1. The van der Waals surface area contributed by atoms with E-state index in [-0.39, 0.29) is 5.54 Å². The third-order valence-electron chi connectivity index (χ3n) is 5.40. The molecule has 1 aromatic carbocycles. The average Bonchev–Trinajstić information content (AvgIpc) is 2.79. The summed E-state index contributed by atoms with van der Waals surface area (Å²) in [6, 6.07) is 9.29. The van der Waals surface area contributed by atoms with Gasteiger partial charge in [-0.25, -0.2) is 0 Å². The molecule has 1 aromatic rings. The van der Waals surface area contributed by atoms with Gasteiger partial charge in [-0.05, 0) is 69.3 Å². The van der Waals surface area contributed by atoms with E-state index in [1.54, 1.807) is 0 Å². The number of hydrogen-bond donors (Lipinski definition) is 1. The van der Waals surface area contributed by atoms with Crippen molar-refractivity contribution in [1.82, 2.24) is 4.90 Å². The molecule has 1 atom stereocenters. The molecule has 1 heterocycles. The Kier molecular flexibility index (Phi) is 4.13. The van der Waals surface area contributed by atoms with Crippen LogP contribution in [0.2, 0.25) is 0 Å². The maximum atomic E-state index is 6.55. The van der Waals surface area contributed by atoms with Crippen molar-refractivity contribution >= 4 is 0 Å². The fraction of sp³-hybridized carbons (Fsp3) is 0.667. The van der Waals surface area contributed by atoms with Gasteiger partial charge in [0, 0.05) is 5.54 Å². The Balaban J connectivity index is 1.72. The largest absolute Gasteiger partial charge is 0.321 e. The van der Waals surface area contributed by atoms with Crippen molar-refractivity contribution in [3.8, 4) is 0 Å². The van der Waals surface area contributed by atoms with Crippen molar-refractivity contribution in [2.75, 3.05) is 20.1 Å². The van der Waals surface area contributed by atoms with E-state index in [4.69, 9.17) is 5.73 Å². The van der Waals surface area contributed by atoms with Gasteiger partial charge in [-0.1, -0.05) is 37.1 Å². The van der Waals surface area contributed by atoms with Crippen molar-refractivity contribution in [3.63, 3.8) is 0 Å². The minimum atomic E-state index is -0.0395. The van der Waals surface area contributed by atoms with Crippen molar-refractivity contribution < 1.29 is 0 Å². The first-order valence-electron chi connectivity index (χ1n) is 8.25. The van der Waals surface area contributed by atoms with Gasteiger partial charge in [-0.15, -0.1) is 0 Å². The summed E-state index contributed by atoms with van der Waals surface area (Å²) in [7, 11) is 2.24. The molecule has 20 heavy (non-hydrogen) atoms.